The SMILES string of the molecule is CC(C)c1ccc2c(c1)CCC1[C@@H](C)CCCC21C. The minimum Gasteiger partial charge on any atom is -0.0622 e. The minimum absolute atomic E-state index is 0.459. The molecule has 0 N–H and O–H groups in total. The second-order valence-corrected chi connectivity index (χ2v) is 7.50. The highest BCUT2D eigenvalue weighted by Crippen LogP contribution is 2.52. The van der Waals surface area contributed by atoms with Crippen LogP contribution in [0, 0.1) is 11.8 Å². The van der Waals surface area contributed by atoms with Gasteiger partial charge in [-0.3, -0.25) is 0 Å². The molecule has 0 saturated heterocycles. The Labute approximate surface area is 118 Å². The Morgan fingerprint density at radius 1 is 1.21 bits per heavy atom. The van der Waals surface area contributed by atoms with Gasteiger partial charge < -0.3 is 0 Å². The first-order valence-electron chi connectivity index (χ1n) is 8.15. The number of benzene rings is 1. The zero-order valence-corrected chi connectivity index (χ0v) is 13.0. The second kappa shape index (κ2) is 4.65. The molecule has 2 unspecified atom stereocenters. The van der Waals surface area contributed by atoms with Gasteiger partial charge in [0.2, 0.25) is 0 Å². The van der Waals surface area contributed by atoms with Crippen LogP contribution in [0.5, 0.6) is 0 Å². The molecule has 1 saturated carbocycles. The van der Waals surface area contributed by atoms with E-state index in [1.165, 1.54) is 37.7 Å². The third kappa shape index (κ3) is 2.04. The summed E-state index contributed by atoms with van der Waals surface area (Å²) in [4.78, 5) is 0. The van der Waals surface area contributed by atoms with Crippen molar-refractivity contribution in [2.45, 2.75) is 71.1 Å². The normalized spacial score (nSPS) is 33.9. The summed E-state index contributed by atoms with van der Waals surface area (Å²) in [7, 11) is 0. The van der Waals surface area contributed by atoms with Crippen LogP contribution in [-0.2, 0) is 11.8 Å². The van der Waals surface area contributed by atoms with Crippen molar-refractivity contribution in [3.63, 3.8) is 0 Å². The molecule has 1 aromatic rings. The molecule has 0 radical (unpaired) electrons. The van der Waals surface area contributed by atoms with Crippen molar-refractivity contribution in [1.29, 1.82) is 0 Å². The summed E-state index contributed by atoms with van der Waals surface area (Å²) in [5.74, 6) is 2.48. The van der Waals surface area contributed by atoms with E-state index in [1.807, 2.05) is 0 Å². The summed E-state index contributed by atoms with van der Waals surface area (Å²) in [6.45, 7) is 9.63. The lowest BCUT2D eigenvalue weighted by Gasteiger charge is -2.49. The van der Waals surface area contributed by atoms with E-state index in [-0.39, 0.29) is 0 Å². The van der Waals surface area contributed by atoms with Crippen LogP contribution in [0.25, 0.3) is 0 Å². The standard InChI is InChI=1S/C19H28/c1-13(2)15-7-10-18-16(12-15)8-9-17-14(3)6-5-11-19(17,18)4/h7,10,12-14,17H,5-6,8-9,11H2,1-4H3/t14-,17?,19?/m0/s1. The van der Waals surface area contributed by atoms with Crippen LogP contribution >= 0.6 is 0 Å². The summed E-state index contributed by atoms with van der Waals surface area (Å²) in [6, 6.07) is 7.35. The molecule has 3 atom stereocenters. The van der Waals surface area contributed by atoms with Gasteiger partial charge in [-0.15, -0.1) is 0 Å². The number of aryl methyl sites for hydroxylation is 1. The first-order chi connectivity index (χ1) is 9.02. The van der Waals surface area contributed by atoms with Gasteiger partial charge >= 0.3 is 0 Å². The predicted octanol–water partition coefficient (Wildman–Crippen LogP) is 5.45. The van der Waals surface area contributed by atoms with Crippen LogP contribution in [0.3, 0.4) is 0 Å². The molecule has 0 aromatic heterocycles. The van der Waals surface area contributed by atoms with Gasteiger partial charge in [0, 0.05) is 0 Å². The number of rotatable bonds is 1. The zero-order valence-electron chi connectivity index (χ0n) is 13.0. The van der Waals surface area contributed by atoms with Crippen LogP contribution < -0.4 is 0 Å². The molecular formula is C19H28. The molecule has 1 fully saturated rings. The summed E-state index contributed by atoms with van der Waals surface area (Å²) >= 11 is 0. The van der Waals surface area contributed by atoms with E-state index in [0.717, 1.165) is 11.8 Å². The first-order valence-corrected chi connectivity index (χ1v) is 8.15. The third-order valence-electron chi connectivity index (χ3n) is 6.00. The van der Waals surface area contributed by atoms with E-state index in [2.05, 4.69) is 45.9 Å². The Morgan fingerprint density at radius 2 is 2.00 bits per heavy atom. The highest BCUT2D eigenvalue weighted by Gasteiger charge is 2.44. The first kappa shape index (κ1) is 13.2. The zero-order chi connectivity index (χ0) is 13.6. The van der Waals surface area contributed by atoms with Crippen LogP contribution in [-0.4, -0.2) is 0 Å². The highest BCUT2D eigenvalue weighted by molar-refractivity contribution is 5.41. The third-order valence-corrected chi connectivity index (χ3v) is 6.00. The van der Waals surface area contributed by atoms with Crippen LogP contribution in [0.4, 0.5) is 0 Å². The number of hydrogen-bond donors (Lipinski definition) is 0. The average molecular weight is 256 g/mol. The van der Waals surface area contributed by atoms with E-state index >= 15 is 0 Å². The van der Waals surface area contributed by atoms with Gasteiger partial charge in [0.05, 0.1) is 0 Å². The van der Waals surface area contributed by atoms with E-state index in [4.69, 9.17) is 0 Å². The fraction of sp³-hybridized carbons (Fsp3) is 0.684. The van der Waals surface area contributed by atoms with Gasteiger partial charge in [-0.25, -0.2) is 0 Å². The Balaban J connectivity index is 2.04. The Kier molecular flexibility index (Phi) is 3.23. The van der Waals surface area contributed by atoms with Crippen molar-refractivity contribution in [2.75, 3.05) is 0 Å². The van der Waals surface area contributed by atoms with Crippen molar-refractivity contribution < 1.29 is 0 Å². The topological polar surface area (TPSA) is 0 Å². The maximum Gasteiger partial charge on any atom is -0.00417 e. The maximum absolute atomic E-state index is 2.54. The van der Waals surface area contributed by atoms with Crippen LogP contribution in [0.15, 0.2) is 18.2 Å². The molecule has 0 amide bonds. The largest absolute Gasteiger partial charge is 0.0622 e. The van der Waals surface area contributed by atoms with Crippen LogP contribution in [0.1, 0.15) is 76.0 Å². The Morgan fingerprint density at radius 3 is 2.74 bits per heavy atom. The lowest BCUT2D eigenvalue weighted by molar-refractivity contribution is 0.118. The Bertz CT molecular complexity index is 471. The quantitative estimate of drug-likeness (QED) is 0.626. The maximum atomic E-state index is 2.54. The van der Waals surface area contributed by atoms with Gasteiger partial charge in [-0.1, -0.05) is 58.7 Å². The Hall–Kier alpha value is -0.780. The molecule has 0 bridgehead atoms. The van der Waals surface area contributed by atoms with Crippen LogP contribution in [0.2, 0.25) is 0 Å². The smallest absolute Gasteiger partial charge is 0.00417 e. The molecule has 1 aromatic carbocycles. The summed E-state index contributed by atoms with van der Waals surface area (Å²) in [5, 5.41) is 0. The molecule has 0 aliphatic heterocycles. The van der Waals surface area contributed by atoms with Crippen molar-refractivity contribution in [3.8, 4) is 0 Å². The van der Waals surface area contributed by atoms with Gasteiger partial charge in [0.15, 0.2) is 0 Å². The molecule has 0 spiro atoms. The number of fused-ring (bicyclic) bond motifs is 3. The van der Waals surface area contributed by atoms with Gasteiger partial charge in [-0.05, 0) is 59.1 Å². The fourth-order valence-corrected chi connectivity index (χ4v) is 4.79. The van der Waals surface area contributed by atoms with Crippen molar-refractivity contribution in [1.82, 2.24) is 0 Å². The van der Waals surface area contributed by atoms with Crippen molar-refractivity contribution in [2.24, 2.45) is 11.8 Å². The summed E-state index contributed by atoms with van der Waals surface area (Å²) in [6.07, 6.45) is 6.97. The van der Waals surface area contributed by atoms with E-state index in [9.17, 15) is 0 Å². The van der Waals surface area contributed by atoms with Crippen molar-refractivity contribution >= 4 is 0 Å². The number of hydrogen-bond acceptors (Lipinski definition) is 0. The monoisotopic (exact) mass is 256 g/mol. The van der Waals surface area contributed by atoms with E-state index < -0.39 is 0 Å². The molecule has 104 valence electrons. The molecule has 3 rings (SSSR count). The minimum atomic E-state index is 0.459. The van der Waals surface area contributed by atoms with Crippen molar-refractivity contribution in [3.05, 3.63) is 34.9 Å². The van der Waals surface area contributed by atoms with E-state index in [1.54, 1.807) is 11.1 Å². The molecular weight excluding hydrogens is 228 g/mol. The molecule has 19 heavy (non-hydrogen) atoms. The second-order valence-electron chi connectivity index (χ2n) is 7.50. The predicted molar refractivity (Wildman–Crippen MR) is 82.7 cm³/mol. The molecule has 0 heteroatoms. The van der Waals surface area contributed by atoms with Gasteiger partial charge in [0.25, 0.3) is 0 Å². The lowest BCUT2D eigenvalue weighted by Crippen LogP contribution is -2.43. The van der Waals surface area contributed by atoms with E-state index in [0.29, 0.717) is 11.3 Å². The van der Waals surface area contributed by atoms with Gasteiger partial charge in [-0.2, -0.15) is 0 Å². The molecule has 2 aliphatic rings. The summed E-state index contributed by atoms with van der Waals surface area (Å²) < 4.78 is 0. The lowest BCUT2D eigenvalue weighted by atomic mass is 9.55. The molecule has 0 nitrogen and oxygen atoms in total. The highest BCUT2D eigenvalue weighted by atomic mass is 14.5. The fourth-order valence-electron chi connectivity index (χ4n) is 4.79. The summed E-state index contributed by atoms with van der Waals surface area (Å²) in [5.41, 5.74) is 5.31. The average Bonchev–Trinajstić information content (AvgIpc) is 2.38. The van der Waals surface area contributed by atoms with Gasteiger partial charge in [0.1, 0.15) is 0 Å². The molecule has 0 heterocycles. The molecule has 2 aliphatic carbocycles.